The molecule has 1 radical (unpaired) electrons. The molecule has 1 aliphatic heterocycles. The van der Waals surface area contributed by atoms with Crippen molar-refractivity contribution >= 4 is 0 Å². The molecule has 1 nitrogen and oxygen atoms in total. The molecule has 1 saturated heterocycles. The van der Waals surface area contributed by atoms with E-state index in [0.717, 1.165) is 0 Å². The molecule has 0 amide bonds. The first-order valence-electron chi connectivity index (χ1n) is 3.90. The fraction of sp³-hybridized carbons (Fsp3) is 0.875. The van der Waals surface area contributed by atoms with E-state index in [2.05, 4.69) is 18.4 Å². The summed E-state index contributed by atoms with van der Waals surface area (Å²) in [6.07, 6.45) is 4.94. The van der Waals surface area contributed by atoms with Crippen molar-refractivity contribution in [3.05, 3.63) is 6.42 Å². The van der Waals surface area contributed by atoms with Crippen molar-refractivity contribution < 1.29 is 20.4 Å². The van der Waals surface area contributed by atoms with Crippen LogP contribution in [0.2, 0.25) is 0 Å². The maximum Gasteiger partial charge on any atom is 0 e. The van der Waals surface area contributed by atoms with Crippen molar-refractivity contribution in [3.63, 3.8) is 0 Å². The van der Waals surface area contributed by atoms with Gasteiger partial charge in [-0.15, -0.1) is 0 Å². The third kappa shape index (κ3) is 6.74. The maximum atomic E-state index is 2.36. The van der Waals surface area contributed by atoms with Gasteiger partial charge in [-0.05, 0) is 20.1 Å². The zero-order valence-electron chi connectivity index (χ0n) is 7.23. The molecule has 0 aromatic carbocycles. The average molecular weight is 314 g/mol. The van der Waals surface area contributed by atoms with Crippen LogP contribution in [-0.2, 0) is 20.4 Å². The molecule has 0 atom stereocenters. The fourth-order valence-corrected chi connectivity index (χ4v) is 0.879. The van der Waals surface area contributed by atoms with Crippen LogP contribution in [0, 0.1) is 6.42 Å². The summed E-state index contributed by atoms with van der Waals surface area (Å²) in [5.41, 5.74) is 0. The molecule has 0 unspecified atom stereocenters. The summed E-state index contributed by atoms with van der Waals surface area (Å²) in [6, 6.07) is 0. The van der Waals surface area contributed by atoms with Gasteiger partial charge < -0.3 is 11.3 Å². The summed E-state index contributed by atoms with van der Waals surface area (Å²) in [7, 11) is 2.17. The summed E-state index contributed by atoms with van der Waals surface area (Å²) in [5.74, 6) is 0. The second-order valence-electron chi connectivity index (χ2n) is 2.17. The van der Waals surface area contributed by atoms with Crippen LogP contribution in [0.4, 0.5) is 0 Å². The fourth-order valence-electron chi connectivity index (χ4n) is 0.879. The van der Waals surface area contributed by atoms with Gasteiger partial charge in [0.05, 0.1) is 0 Å². The number of nitrogens with zero attached hydrogens (tertiary/aromatic N) is 1. The molecule has 1 fully saturated rings. The molecular weight excluding hydrogens is 296 g/mol. The smallest absolute Gasteiger partial charge is 0 e. The van der Waals surface area contributed by atoms with Gasteiger partial charge in [0.1, 0.15) is 0 Å². The molecule has 0 aromatic heterocycles. The maximum absolute atomic E-state index is 2.36. The third-order valence-electron chi connectivity index (χ3n) is 1.43. The Labute approximate surface area is 78.8 Å². The average Bonchev–Trinajstić information content (AvgIpc) is 1.94. The van der Waals surface area contributed by atoms with E-state index in [-0.39, 0.29) is 20.4 Å². The molecule has 0 N–H and O–H groups in total. The molecule has 1 rings (SSSR count). The van der Waals surface area contributed by atoms with Crippen molar-refractivity contribution in [1.82, 2.24) is 4.90 Å². The molecule has 10 heavy (non-hydrogen) atoms. The van der Waals surface area contributed by atoms with Gasteiger partial charge in [-0.1, -0.05) is 13.8 Å². The molecule has 0 spiro atoms. The van der Waals surface area contributed by atoms with E-state index in [0.29, 0.717) is 0 Å². The van der Waals surface area contributed by atoms with E-state index < -0.39 is 0 Å². The topological polar surface area (TPSA) is 3.24 Å². The number of likely N-dealkylation sites (tertiary alicyclic amines) is 1. The Hall–Kier alpha value is 0.622. The zero-order chi connectivity index (χ0) is 7.11. The van der Waals surface area contributed by atoms with Crippen molar-refractivity contribution in [3.8, 4) is 0 Å². The minimum Gasteiger partial charge on any atom is -0.326 e. The quantitative estimate of drug-likeness (QED) is 0.618. The van der Waals surface area contributed by atoms with E-state index in [1.165, 1.54) is 25.9 Å². The minimum absolute atomic E-state index is 0. The molecule has 0 bridgehead atoms. The monoisotopic (exact) mass is 315 g/mol. The Balaban J connectivity index is 0. The first kappa shape index (κ1) is 13.2. The van der Waals surface area contributed by atoms with Crippen molar-refractivity contribution in [2.45, 2.75) is 26.7 Å². The molecule has 63 valence electrons. The van der Waals surface area contributed by atoms with E-state index in [4.69, 9.17) is 0 Å². The van der Waals surface area contributed by atoms with Crippen LogP contribution >= 0.6 is 0 Å². The largest absolute Gasteiger partial charge is 0.326 e. The van der Waals surface area contributed by atoms with Crippen LogP contribution in [0.15, 0.2) is 0 Å². The van der Waals surface area contributed by atoms with Gasteiger partial charge in [-0.3, -0.25) is 0 Å². The summed E-state index contributed by atoms with van der Waals surface area (Å²) in [6.45, 7) is 6.53. The second-order valence-corrected chi connectivity index (χ2v) is 2.17. The molecule has 2 heteroatoms. The van der Waals surface area contributed by atoms with Gasteiger partial charge in [0, 0.05) is 20.4 Å². The summed E-state index contributed by atoms with van der Waals surface area (Å²) in [5, 5.41) is 0. The Morgan fingerprint density at radius 3 is 1.70 bits per heavy atom. The Bertz CT molecular complexity index is 51.2. The first-order valence-corrected chi connectivity index (χ1v) is 3.90. The number of rotatable bonds is 0. The van der Waals surface area contributed by atoms with Crippen LogP contribution in [0.5, 0.6) is 0 Å². The molecular formula is C8H18NRe-. The second kappa shape index (κ2) is 9.62. The number of piperidine rings is 1. The van der Waals surface area contributed by atoms with Gasteiger partial charge in [0.25, 0.3) is 0 Å². The SMILES string of the molecule is CC.CN1CC[CH-]CC1.[Re]. The van der Waals surface area contributed by atoms with Gasteiger partial charge in [-0.2, -0.15) is 12.8 Å². The van der Waals surface area contributed by atoms with E-state index in [9.17, 15) is 0 Å². The summed E-state index contributed by atoms with van der Waals surface area (Å²) < 4.78 is 0. The standard InChI is InChI=1S/C6H12N.C2H6.Re/c1-7-5-3-2-4-6-7;1-2;/h2H,3-6H2,1H3;1-2H3;/q-1;;. The van der Waals surface area contributed by atoms with Crippen molar-refractivity contribution in [2.75, 3.05) is 20.1 Å². The molecule has 0 saturated carbocycles. The van der Waals surface area contributed by atoms with Crippen LogP contribution in [0.25, 0.3) is 0 Å². The van der Waals surface area contributed by atoms with E-state index >= 15 is 0 Å². The van der Waals surface area contributed by atoms with E-state index in [1.807, 2.05) is 13.8 Å². The molecule has 0 aromatic rings. The Morgan fingerprint density at radius 1 is 1.10 bits per heavy atom. The van der Waals surface area contributed by atoms with E-state index in [1.54, 1.807) is 0 Å². The summed E-state index contributed by atoms with van der Waals surface area (Å²) in [4.78, 5) is 2.36. The normalized spacial score (nSPS) is 18.3. The zero-order valence-corrected chi connectivity index (χ0v) is 9.95. The van der Waals surface area contributed by atoms with Crippen LogP contribution in [0.1, 0.15) is 26.7 Å². The Morgan fingerprint density at radius 2 is 1.50 bits per heavy atom. The van der Waals surface area contributed by atoms with Crippen LogP contribution in [0.3, 0.4) is 0 Å². The predicted molar refractivity (Wildman–Crippen MR) is 42.4 cm³/mol. The van der Waals surface area contributed by atoms with Crippen molar-refractivity contribution in [2.24, 2.45) is 0 Å². The van der Waals surface area contributed by atoms with Gasteiger partial charge >= 0.3 is 0 Å². The molecule has 1 heterocycles. The minimum atomic E-state index is 0. The summed E-state index contributed by atoms with van der Waals surface area (Å²) >= 11 is 0. The van der Waals surface area contributed by atoms with Crippen LogP contribution in [-0.4, -0.2) is 25.0 Å². The van der Waals surface area contributed by atoms with Gasteiger partial charge in [0.2, 0.25) is 0 Å². The van der Waals surface area contributed by atoms with Gasteiger partial charge in [0.15, 0.2) is 0 Å². The van der Waals surface area contributed by atoms with Crippen molar-refractivity contribution in [1.29, 1.82) is 0 Å². The first-order chi connectivity index (χ1) is 4.39. The Kier molecular flexibility index (Phi) is 12.7. The number of hydrogen-bond donors (Lipinski definition) is 0. The third-order valence-corrected chi connectivity index (χ3v) is 1.43. The molecule has 1 aliphatic rings. The molecule has 0 aliphatic carbocycles. The van der Waals surface area contributed by atoms with Gasteiger partial charge in [-0.25, -0.2) is 0 Å². The predicted octanol–water partition coefficient (Wildman–Crippen LogP) is 1.94. The number of hydrogen-bond acceptors (Lipinski definition) is 1. The van der Waals surface area contributed by atoms with Crippen LogP contribution < -0.4 is 0 Å².